The average molecular weight is 297 g/mol. The largest absolute Gasteiger partial charge is 0.368 e. The van der Waals surface area contributed by atoms with E-state index in [0.717, 1.165) is 38.4 Å². The summed E-state index contributed by atoms with van der Waals surface area (Å²) in [4.78, 5) is 14.4. The molecule has 0 aromatic rings. The lowest BCUT2D eigenvalue weighted by atomic mass is 9.91. The van der Waals surface area contributed by atoms with Gasteiger partial charge in [0.1, 0.15) is 0 Å². The van der Waals surface area contributed by atoms with Gasteiger partial charge in [0.2, 0.25) is 5.91 Å². The number of nitrogens with two attached hydrogens (primary N) is 1. The van der Waals surface area contributed by atoms with Gasteiger partial charge in [0.15, 0.2) is 0 Å². The van der Waals surface area contributed by atoms with Crippen molar-refractivity contribution in [2.24, 2.45) is 11.7 Å². The summed E-state index contributed by atoms with van der Waals surface area (Å²) in [5.74, 6) is 0.645. The van der Waals surface area contributed by atoms with Gasteiger partial charge in [0.25, 0.3) is 0 Å². The van der Waals surface area contributed by atoms with E-state index in [1.165, 1.54) is 25.7 Å². The number of hydrogen-bond donors (Lipinski definition) is 2. The van der Waals surface area contributed by atoms with Gasteiger partial charge in [-0.2, -0.15) is 0 Å². The molecule has 4 heteroatoms. The molecule has 0 aromatic carbocycles. The maximum absolute atomic E-state index is 11.9. The van der Waals surface area contributed by atoms with Crippen LogP contribution in [0.15, 0.2) is 0 Å². The van der Waals surface area contributed by atoms with Crippen molar-refractivity contribution in [1.82, 2.24) is 10.2 Å². The summed E-state index contributed by atoms with van der Waals surface area (Å²) in [6.45, 7) is 11.7. The molecule has 0 saturated carbocycles. The highest BCUT2D eigenvalue weighted by atomic mass is 16.1. The summed E-state index contributed by atoms with van der Waals surface area (Å²) < 4.78 is 0. The fourth-order valence-electron chi connectivity index (χ4n) is 3.42. The lowest BCUT2D eigenvalue weighted by Gasteiger charge is -2.35. The van der Waals surface area contributed by atoms with Crippen LogP contribution in [0.5, 0.6) is 0 Å². The van der Waals surface area contributed by atoms with Crippen LogP contribution >= 0.6 is 0 Å². The standard InChI is InChI=1S/C17H35N3O/c1-5-10-19-17(4,16(18)21)13-14(3)20-11-7-8-15(6-2)9-12-20/h14-15,19H,5-13H2,1-4H3,(H2,18,21). The number of primary amides is 1. The van der Waals surface area contributed by atoms with Crippen LogP contribution in [0.25, 0.3) is 0 Å². The van der Waals surface area contributed by atoms with Crippen LogP contribution in [0.4, 0.5) is 0 Å². The van der Waals surface area contributed by atoms with E-state index in [2.05, 4.69) is 31.0 Å². The molecule has 21 heavy (non-hydrogen) atoms. The normalized spacial score (nSPS) is 25.0. The Morgan fingerprint density at radius 3 is 2.67 bits per heavy atom. The van der Waals surface area contributed by atoms with Gasteiger partial charge in [-0.15, -0.1) is 0 Å². The van der Waals surface area contributed by atoms with Gasteiger partial charge in [0.05, 0.1) is 5.54 Å². The van der Waals surface area contributed by atoms with Gasteiger partial charge in [-0.3, -0.25) is 4.79 Å². The molecule has 1 rings (SSSR count). The second kappa shape index (κ2) is 8.74. The van der Waals surface area contributed by atoms with E-state index in [1.807, 2.05) is 6.92 Å². The minimum Gasteiger partial charge on any atom is -0.368 e. The second-order valence-corrected chi connectivity index (χ2v) is 6.92. The number of rotatable bonds is 8. The highest BCUT2D eigenvalue weighted by Gasteiger charge is 2.34. The number of likely N-dealkylation sites (tertiary alicyclic amines) is 1. The third-order valence-corrected chi connectivity index (χ3v) is 5.10. The van der Waals surface area contributed by atoms with Crippen LogP contribution in [0.3, 0.4) is 0 Å². The molecule has 1 aliphatic rings. The van der Waals surface area contributed by atoms with Gasteiger partial charge in [-0.25, -0.2) is 0 Å². The van der Waals surface area contributed by atoms with Gasteiger partial charge in [-0.1, -0.05) is 20.3 Å². The molecule has 1 amide bonds. The first-order chi connectivity index (χ1) is 9.92. The molecule has 3 atom stereocenters. The van der Waals surface area contributed by atoms with Crippen LogP contribution in [-0.2, 0) is 4.79 Å². The Morgan fingerprint density at radius 1 is 1.38 bits per heavy atom. The Kier molecular flexibility index (Phi) is 7.67. The molecule has 124 valence electrons. The zero-order chi connectivity index (χ0) is 15.9. The first kappa shape index (κ1) is 18.4. The molecular formula is C17H35N3O. The number of carbonyl (C=O) groups excluding carboxylic acids is 1. The Hall–Kier alpha value is -0.610. The summed E-state index contributed by atoms with van der Waals surface area (Å²) in [5, 5.41) is 3.35. The van der Waals surface area contributed by atoms with E-state index in [0.29, 0.717) is 6.04 Å². The highest BCUT2D eigenvalue weighted by Crippen LogP contribution is 2.24. The zero-order valence-corrected chi connectivity index (χ0v) is 14.5. The molecule has 1 fully saturated rings. The molecular weight excluding hydrogens is 262 g/mol. The van der Waals surface area contributed by atoms with Crippen molar-refractivity contribution in [2.75, 3.05) is 19.6 Å². The van der Waals surface area contributed by atoms with Gasteiger partial charge >= 0.3 is 0 Å². The fourth-order valence-corrected chi connectivity index (χ4v) is 3.42. The maximum Gasteiger partial charge on any atom is 0.237 e. The van der Waals surface area contributed by atoms with Gasteiger partial charge in [0, 0.05) is 6.04 Å². The quantitative estimate of drug-likeness (QED) is 0.724. The van der Waals surface area contributed by atoms with Crippen molar-refractivity contribution in [3.8, 4) is 0 Å². The van der Waals surface area contributed by atoms with E-state index in [4.69, 9.17) is 5.73 Å². The summed E-state index contributed by atoms with van der Waals surface area (Å²) in [5.41, 5.74) is 5.05. The molecule has 1 aliphatic heterocycles. The predicted molar refractivity (Wildman–Crippen MR) is 89.2 cm³/mol. The van der Waals surface area contributed by atoms with Crippen LogP contribution < -0.4 is 11.1 Å². The smallest absolute Gasteiger partial charge is 0.237 e. The topological polar surface area (TPSA) is 58.4 Å². The Balaban J connectivity index is 2.60. The van der Waals surface area contributed by atoms with Gasteiger partial charge in [-0.05, 0) is 71.5 Å². The molecule has 3 N–H and O–H groups in total. The molecule has 0 aliphatic carbocycles. The van der Waals surface area contributed by atoms with Crippen molar-refractivity contribution in [1.29, 1.82) is 0 Å². The third-order valence-electron chi connectivity index (χ3n) is 5.10. The Labute approximate surface area is 130 Å². The Morgan fingerprint density at radius 2 is 2.10 bits per heavy atom. The summed E-state index contributed by atoms with van der Waals surface area (Å²) in [6, 6.07) is 0.391. The van der Waals surface area contributed by atoms with Crippen LogP contribution in [-0.4, -0.2) is 42.0 Å². The maximum atomic E-state index is 11.9. The molecule has 0 spiro atoms. The first-order valence-electron chi connectivity index (χ1n) is 8.72. The highest BCUT2D eigenvalue weighted by molar-refractivity contribution is 5.84. The predicted octanol–water partition coefficient (Wildman–Crippen LogP) is 2.52. The molecule has 3 unspecified atom stereocenters. The van der Waals surface area contributed by atoms with Crippen molar-refractivity contribution < 1.29 is 4.79 Å². The molecule has 1 saturated heterocycles. The number of carbonyl (C=O) groups is 1. The van der Waals surface area contributed by atoms with Crippen LogP contribution in [0, 0.1) is 5.92 Å². The lowest BCUT2D eigenvalue weighted by Crippen LogP contribution is -2.56. The molecule has 1 heterocycles. The number of nitrogens with zero attached hydrogens (tertiary/aromatic N) is 1. The minimum absolute atomic E-state index is 0.232. The molecule has 0 aromatic heterocycles. The lowest BCUT2D eigenvalue weighted by molar-refractivity contribution is -0.124. The third kappa shape index (κ3) is 5.59. The van der Waals surface area contributed by atoms with Crippen molar-refractivity contribution >= 4 is 5.91 Å². The monoisotopic (exact) mass is 297 g/mol. The summed E-state index contributed by atoms with van der Waals surface area (Å²) >= 11 is 0. The Bertz CT molecular complexity index is 321. The SMILES string of the molecule is CCCNC(C)(CC(C)N1CCCC(CC)CC1)C(N)=O. The van der Waals surface area contributed by atoms with Crippen molar-refractivity contribution in [3.63, 3.8) is 0 Å². The van der Waals surface area contributed by atoms with Crippen molar-refractivity contribution in [2.45, 2.75) is 77.8 Å². The van der Waals surface area contributed by atoms with E-state index < -0.39 is 5.54 Å². The van der Waals surface area contributed by atoms with E-state index >= 15 is 0 Å². The number of amides is 1. The van der Waals surface area contributed by atoms with Crippen LogP contribution in [0.2, 0.25) is 0 Å². The zero-order valence-electron chi connectivity index (χ0n) is 14.5. The van der Waals surface area contributed by atoms with E-state index in [1.54, 1.807) is 0 Å². The fraction of sp³-hybridized carbons (Fsp3) is 0.941. The molecule has 4 nitrogen and oxygen atoms in total. The summed E-state index contributed by atoms with van der Waals surface area (Å²) in [6.07, 6.45) is 7.01. The molecule has 0 bridgehead atoms. The average Bonchev–Trinajstić information content (AvgIpc) is 2.70. The number of hydrogen-bond acceptors (Lipinski definition) is 3. The van der Waals surface area contributed by atoms with E-state index in [9.17, 15) is 4.79 Å². The molecule has 0 radical (unpaired) electrons. The van der Waals surface area contributed by atoms with Gasteiger partial charge < -0.3 is 16.0 Å². The second-order valence-electron chi connectivity index (χ2n) is 6.92. The van der Waals surface area contributed by atoms with Crippen LogP contribution in [0.1, 0.15) is 66.2 Å². The van der Waals surface area contributed by atoms with Crippen molar-refractivity contribution in [3.05, 3.63) is 0 Å². The van der Waals surface area contributed by atoms with E-state index in [-0.39, 0.29) is 5.91 Å². The summed E-state index contributed by atoms with van der Waals surface area (Å²) in [7, 11) is 0. The minimum atomic E-state index is -0.591. The first-order valence-corrected chi connectivity index (χ1v) is 8.72. The number of nitrogens with one attached hydrogen (secondary N) is 1.